The molecule has 1 fully saturated rings. The summed E-state index contributed by atoms with van der Waals surface area (Å²) in [5.74, 6) is 0. The zero-order valence-electron chi connectivity index (χ0n) is 14.6. The van der Waals surface area contributed by atoms with E-state index in [1.165, 1.54) is 20.0 Å². The highest BCUT2D eigenvalue weighted by Gasteiger charge is 2.40. The lowest BCUT2D eigenvalue weighted by atomic mass is 10.1. The van der Waals surface area contributed by atoms with Crippen molar-refractivity contribution in [1.29, 1.82) is 0 Å². The van der Waals surface area contributed by atoms with E-state index in [0.717, 1.165) is 4.57 Å². The first kappa shape index (κ1) is 20.9. The number of carbonyl (C=O) groups excluding carboxylic acids is 1. The van der Waals surface area contributed by atoms with Gasteiger partial charge >= 0.3 is 18.9 Å². The minimum Gasteiger partial charge on any atom is -0.359 e. The zero-order valence-corrected chi connectivity index (χ0v) is 15.5. The van der Waals surface area contributed by atoms with Crippen LogP contribution < -0.4 is 17.0 Å². The van der Waals surface area contributed by atoms with Gasteiger partial charge in [0.15, 0.2) is 0 Å². The van der Waals surface area contributed by atoms with Gasteiger partial charge in [0.05, 0.1) is 25.4 Å². The van der Waals surface area contributed by atoms with Crippen molar-refractivity contribution in [2.24, 2.45) is 10.8 Å². The SMILES string of the molecule is CCOP(=O)(OC[C@H]1O[C@@H](n2cc(C)c(=O)[nH]c2=O)C[C@@H]1N=[N+]=[N-])C(N)=O. The molecule has 1 aromatic rings. The molecule has 0 aromatic carbocycles. The predicted molar refractivity (Wildman–Crippen MR) is 92.3 cm³/mol. The molecule has 0 bridgehead atoms. The van der Waals surface area contributed by atoms with Crippen molar-refractivity contribution in [3.63, 3.8) is 0 Å². The topological polar surface area (TPSA) is 191 Å². The van der Waals surface area contributed by atoms with Gasteiger partial charge in [-0.25, -0.2) is 9.36 Å². The molecule has 0 aliphatic carbocycles. The fraction of sp³-hybridized carbons (Fsp3) is 0.615. The van der Waals surface area contributed by atoms with Gasteiger partial charge in [-0.05, 0) is 19.4 Å². The summed E-state index contributed by atoms with van der Waals surface area (Å²) in [6.45, 7) is 2.53. The number of nitrogens with one attached hydrogen (secondary N) is 1. The number of azide groups is 1. The summed E-state index contributed by atoms with van der Waals surface area (Å²) in [5.41, 5.74) is 11.6. The second-order valence-corrected chi connectivity index (χ2v) is 7.62. The Hall–Kier alpha value is -2.43. The first-order valence-electron chi connectivity index (χ1n) is 7.92. The van der Waals surface area contributed by atoms with E-state index in [9.17, 15) is 18.9 Å². The van der Waals surface area contributed by atoms with E-state index in [4.69, 9.17) is 25.0 Å². The third kappa shape index (κ3) is 4.65. The van der Waals surface area contributed by atoms with Crippen LogP contribution in [0, 0.1) is 6.92 Å². The summed E-state index contributed by atoms with van der Waals surface area (Å²) in [6, 6.07) is -0.776. The molecule has 1 saturated heterocycles. The van der Waals surface area contributed by atoms with E-state index in [2.05, 4.69) is 15.0 Å². The Labute approximate surface area is 152 Å². The van der Waals surface area contributed by atoms with Crippen molar-refractivity contribution in [2.45, 2.75) is 38.6 Å². The molecule has 0 saturated carbocycles. The van der Waals surface area contributed by atoms with E-state index in [0.29, 0.717) is 0 Å². The lowest BCUT2D eigenvalue weighted by molar-refractivity contribution is -0.0243. The van der Waals surface area contributed by atoms with E-state index >= 15 is 0 Å². The molecule has 0 radical (unpaired) electrons. The van der Waals surface area contributed by atoms with E-state index in [1.807, 2.05) is 0 Å². The Morgan fingerprint density at radius 2 is 2.26 bits per heavy atom. The largest absolute Gasteiger partial charge is 0.418 e. The van der Waals surface area contributed by atoms with Crippen molar-refractivity contribution in [1.82, 2.24) is 9.55 Å². The van der Waals surface area contributed by atoms with Gasteiger partial charge in [0, 0.05) is 23.1 Å². The zero-order chi connectivity index (χ0) is 20.2. The van der Waals surface area contributed by atoms with E-state index < -0.39 is 49.5 Å². The average molecular weight is 402 g/mol. The average Bonchev–Trinajstić information content (AvgIpc) is 2.99. The molecule has 1 aromatic heterocycles. The van der Waals surface area contributed by atoms with Crippen LogP contribution in [-0.2, 0) is 18.3 Å². The quantitative estimate of drug-likeness (QED) is 0.282. The van der Waals surface area contributed by atoms with Crippen molar-refractivity contribution in [2.75, 3.05) is 13.2 Å². The van der Waals surface area contributed by atoms with Crippen molar-refractivity contribution in [3.05, 3.63) is 43.0 Å². The summed E-state index contributed by atoms with van der Waals surface area (Å²) in [5, 5.41) is 3.58. The van der Waals surface area contributed by atoms with Crippen molar-refractivity contribution in [3.8, 4) is 0 Å². The van der Waals surface area contributed by atoms with Gasteiger partial charge in [0.2, 0.25) is 0 Å². The smallest absolute Gasteiger partial charge is 0.359 e. The molecular weight excluding hydrogens is 383 g/mol. The molecule has 1 amide bonds. The number of hydrogen-bond donors (Lipinski definition) is 2. The molecule has 1 aliphatic heterocycles. The Bertz CT molecular complexity index is 920. The van der Waals surface area contributed by atoms with Crippen LogP contribution in [0.2, 0.25) is 0 Å². The lowest BCUT2D eigenvalue weighted by Gasteiger charge is -2.19. The number of aryl methyl sites for hydroxylation is 1. The van der Waals surface area contributed by atoms with Crippen LogP contribution in [0.25, 0.3) is 10.4 Å². The number of aromatic nitrogens is 2. The van der Waals surface area contributed by atoms with Gasteiger partial charge in [-0.3, -0.25) is 23.7 Å². The van der Waals surface area contributed by atoms with Crippen LogP contribution >= 0.6 is 7.60 Å². The molecule has 14 heteroatoms. The van der Waals surface area contributed by atoms with Gasteiger partial charge in [0.25, 0.3) is 5.56 Å². The maximum atomic E-state index is 12.2. The molecule has 27 heavy (non-hydrogen) atoms. The van der Waals surface area contributed by atoms with Crippen LogP contribution in [-0.4, -0.2) is 40.6 Å². The molecule has 1 unspecified atom stereocenters. The Morgan fingerprint density at radius 1 is 1.56 bits per heavy atom. The maximum absolute atomic E-state index is 12.2. The summed E-state index contributed by atoms with van der Waals surface area (Å²) in [6.07, 6.45) is -0.370. The monoisotopic (exact) mass is 402 g/mol. The van der Waals surface area contributed by atoms with Gasteiger partial charge in [-0.1, -0.05) is 5.11 Å². The number of aromatic amines is 1. The highest BCUT2D eigenvalue weighted by Crippen LogP contribution is 2.48. The van der Waals surface area contributed by atoms with Gasteiger partial charge in [0.1, 0.15) is 6.23 Å². The van der Waals surface area contributed by atoms with Crippen LogP contribution in [0.1, 0.15) is 25.1 Å². The number of amides is 1. The summed E-state index contributed by atoms with van der Waals surface area (Å²) in [7, 11) is -4.20. The first-order valence-corrected chi connectivity index (χ1v) is 9.47. The molecule has 13 nitrogen and oxygen atoms in total. The third-order valence-electron chi connectivity index (χ3n) is 3.84. The molecule has 148 valence electrons. The predicted octanol–water partition coefficient (Wildman–Crippen LogP) is 1.14. The number of ether oxygens (including phenoxy) is 1. The lowest BCUT2D eigenvalue weighted by Crippen LogP contribution is -2.33. The van der Waals surface area contributed by atoms with Gasteiger partial charge < -0.3 is 15.0 Å². The fourth-order valence-electron chi connectivity index (χ4n) is 2.53. The number of H-pyrrole nitrogens is 1. The minimum absolute atomic E-state index is 0.0693. The van der Waals surface area contributed by atoms with E-state index in [1.54, 1.807) is 0 Å². The molecule has 2 heterocycles. The Kier molecular flexibility index (Phi) is 6.58. The Balaban J connectivity index is 2.22. The number of carbonyl (C=O) groups is 1. The summed E-state index contributed by atoms with van der Waals surface area (Å²) in [4.78, 5) is 39.7. The number of hydrogen-bond acceptors (Lipinski definition) is 8. The first-order chi connectivity index (χ1) is 12.7. The van der Waals surface area contributed by atoms with Gasteiger partial charge in [-0.2, -0.15) is 0 Å². The minimum atomic E-state index is -4.20. The van der Waals surface area contributed by atoms with Crippen LogP contribution in [0.5, 0.6) is 0 Å². The number of nitrogens with two attached hydrogens (primary N) is 1. The summed E-state index contributed by atoms with van der Waals surface area (Å²) >= 11 is 0. The van der Waals surface area contributed by atoms with E-state index in [-0.39, 0.29) is 18.6 Å². The molecule has 2 rings (SSSR count). The summed E-state index contributed by atoms with van der Waals surface area (Å²) < 4.78 is 28.9. The molecule has 4 atom stereocenters. The fourth-order valence-corrected chi connectivity index (χ4v) is 3.54. The second-order valence-electron chi connectivity index (χ2n) is 5.67. The molecule has 3 N–H and O–H groups in total. The van der Waals surface area contributed by atoms with Crippen LogP contribution in [0.4, 0.5) is 4.79 Å². The molecular formula is C13H19N6O7P. The normalized spacial score (nSPS) is 24.1. The van der Waals surface area contributed by atoms with Gasteiger partial charge in [-0.15, -0.1) is 0 Å². The third-order valence-corrected chi connectivity index (χ3v) is 5.46. The molecule has 0 spiro atoms. The van der Waals surface area contributed by atoms with Crippen LogP contribution in [0.15, 0.2) is 20.9 Å². The second kappa shape index (κ2) is 8.51. The highest BCUT2D eigenvalue weighted by molar-refractivity contribution is 7.71. The number of nitrogens with zero attached hydrogens (tertiary/aromatic N) is 4. The number of rotatable bonds is 8. The van der Waals surface area contributed by atoms with Crippen LogP contribution in [0.3, 0.4) is 0 Å². The highest BCUT2D eigenvalue weighted by atomic mass is 31.2. The standard InChI is InChI=1S/C13H19N6O7P/c1-3-24-27(23,12(14)21)25-6-9-8(17-18-15)4-10(26-9)19-5-7(2)11(20)16-13(19)22/h5,8-10H,3-4,6H2,1-2H3,(H2,14,21)(H,16,20,22)/t8-,9+,10+,27?/m0/s1. The molecule has 1 aliphatic rings. The maximum Gasteiger partial charge on any atom is 0.418 e. The Morgan fingerprint density at radius 3 is 2.85 bits per heavy atom. The number of primary amides is 1. The van der Waals surface area contributed by atoms with Crippen molar-refractivity contribution < 1.29 is 23.1 Å². The van der Waals surface area contributed by atoms with Crippen molar-refractivity contribution >= 4 is 13.2 Å².